The average molecular weight is 364 g/mol. The number of rotatable bonds is 10. The van der Waals surface area contributed by atoms with Gasteiger partial charge in [0, 0.05) is 6.16 Å². The van der Waals surface area contributed by atoms with Gasteiger partial charge in [0.15, 0.2) is 8.38 Å². The molecule has 26 heavy (non-hydrogen) atoms. The standard InChI is InChI=1S/C23H25O2P/c1-4-11-21(12-5-1)17-10-18-26(24-19-22-13-6-2-7-14-22)25-20-23-15-8-3-9-16-23/h1-9,11-16H,10,17-20H2. The van der Waals surface area contributed by atoms with Gasteiger partial charge in [-0.3, -0.25) is 0 Å². The molecule has 0 aliphatic rings. The van der Waals surface area contributed by atoms with Crippen molar-refractivity contribution >= 4 is 8.38 Å². The maximum atomic E-state index is 6.13. The molecular weight excluding hydrogens is 339 g/mol. The van der Waals surface area contributed by atoms with Gasteiger partial charge in [-0.1, -0.05) is 91.0 Å². The first-order valence-electron chi connectivity index (χ1n) is 9.05. The Morgan fingerprint density at radius 3 is 1.42 bits per heavy atom. The van der Waals surface area contributed by atoms with Crippen LogP contribution in [0.3, 0.4) is 0 Å². The first kappa shape index (κ1) is 18.8. The third-order valence-corrected chi connectivity index (χ3v) is 5.60. The van der Waals surface area contributed by atoms with Gasteiger partial charge < -0.3 is 9.05 Å². The van der Waals surface area contributed by atoms with Crippen molar-refractivity contribution in [3.8, 4) is 0 Å². The van der Waals surface area contributed by atoms with E-state index in [0.29, 0.717) is 13.2 Å². The first-order chi connectivity index (χ1) is 12.9. The van der Waals surface area contributed by atoms with E-state index in [4.69, 9.17) is 9.05 Å². The molecule has 0 N–H and O–H groups in total. The molecule has 0 atom stereocenters. The van der Waals surface area contributed by atoms with Crippen molar-refractivity contribution in [2.75, 3.05) is 6.16 Å². The van der Waals surface area contributed by atoms with Crippen molar-refractivity contribution in [1.29, 1.82) is 0 Å². The minimum Gasteiger partial charge on any atom is -0.329 e. The Morgan fingerprint density at radius 1 is 0.538 bits per heavy atom. The summed E-state index contributed by atoms with van der Waals surface area (Å²) in [6.07, 6.45) is 3.08. The Morgan fingerprint density at radius 2 is 0.962 bits per heavy atom. The van der Waals surface area contributed by atoms with Gasteiger partial charge >= 0.3 is 0 Å². The number of benzene rings is 3. The van der Waals surface area contributed by atoms with Crippen molar-refractivity contribution in [2.24, 2.45) is 0 Å². The summed E-state index contributed by atoms with van der Waals surface area (Å²) < 4.78 is 12.3. The van der Waals surface area contributed by atoms with Gasteiger partial charge in [0.25, 0.3) is 0 Å². The molecule has 0 aromatic heterocycles. The van der Waals surface area contributed by atoms with Crippen molar-refractivity contribution in [3.05, 3.63) is 108 Å². The van der Waals surface area contributed by atoms with E-state index in [-0.39, 0.29) is 0 Å². The van der Waals surface area contributed by atoms with Gasteiger partial charge in [-0.05, 0) is 29.5 Å². The molecule has 134 valence electrons. The Bertz CT molecular complexity index is 688. The van der Waals surface area contributed by atoms with Crippen LogP contribution in [-0.4, -0.2) is 6.16 Å². The fraction of sp³-hybridized carbons (Fsp3) is 0.217. The fourth-order valence-electron chi connectivity index (χ4n) is 2.66. The maximum absolute atomic E-state index is 6.13. The molecule has 0 saturated carbocycles. The second kappa shape index (κ2) is 10.9. The third-order valence-electron chi connectivity index (χ3n) is 4.09. The molecule has 0 amide bonds. The Hall–Kier alpha value is -1.99. The topological polar surface area (TPSA) is 18.5 Å². The van der Waals surface area contributed by atoms with Crippen molar-refractivity contribution < 1.29 is 9.05 Å². The van der Waals surface area contributed by atoms with Gasteiger partial charge in [0.2, 0.25) is 0 Å². The van der Waals surface area contributed by atoms with E-state index in [0.717, 1.165) is 19.0 Å². The smallest absolute Gasteiger partial charge is 0.171 e. The molecule has 0 radical (unpaired) electrons. The third kappa shape index (κ3) is 6.72. The molecule has 0 bridgehead atoms. The number of aryl methyl sites for hydroxylation is 1. The van der Waals surface area contributed by atoms with Gasteiger partial charge in [-0.25, -0.2) is 0 Å². The lowest BCUT2D eigenvalue weighted by atomic mass is 10.1. The maximum Gasteiger partial charge on any atom is 0.171 e. The summed E-state index contributed by atoms with van der Waals surface area (Å²) in [5.41, 5.74) is 3.74. The van der Waals surface area contributed by atoms with Crippen LogP contribution in [0.4, 0.5) is 0 Å². The fourth-order valence-corrected chi connectivity index (χ4v) is 4.00. The van der Waals surface area contributed by atoms with E-state index >= 15 is 0 Å². The highest BCUT2D eigenvalue weighted by Crippen LogP contribution is 2.41. The Labute approximate surface area is 157 Å². The summed E-state index contributed by atoms with van der Waals surface area (Å²) in [6.45, 7) is 1.21. The Balaban J connectivity index is 1.51. The number of hydrogen-bond acceptors (Lipinski definition) is 2. The normalized spacial score (nSPS) is 11.0. The van der Waals surface area contributed by atoms with E-state index in [9.17, 15) is 0 Å². The second-order valence-corrected chi connectivity index (χ2v) is 7.79. The first-order valence-corrected chi connectivity index (χ1v) is 10.4. The largest absolute Gasteiger partial charge is 0.329 e. The predicted octanol–water partition coefficient (Wildman–Crippen LogP) is 6.36. The highest BCUT2D eigenvalue weighted by molar-refractivity contribution is 7.47. The molecule has 0 fully saturated rings. The molecule has 0 spiro atoms. The molecule has 0 aliphatic carbocycles. The molecule has 3 heteroatoms. The summed E-state index contributed by atoms with van der Waals surface area (Å²) in [7, 11) is -0.904. The summed E-state index contributed by atoms with van der Waals surface area (Å²) in [5, 5.41) is 0. The van der Waals surface area contributed by atoms with Gasteiger partial charge in [0.1, 0.15) is 0 Å². The van der Waals surface area contributed by atoms with Crippen LogP contribution in [-0.2, 0) is 28.7 Å². The van der Waals surface area contributed by atoms with Crippen LogP contribution in [0.25, 0.3) is 0 Å². The zero-order valence-corrected chi connectivity index (χ0v) is 15.9. The van der Waals surface area contributed by atoms with Crippen LogP contribution in [0, 0.1) is 0 Å². The zero-order chi connectivity index (χ0) is 17.9. The van der Waals surface area contributed by atoms with Crippen molar-refractivity contribution in [1.82, 2.24) is 0 Å². The average Bonchev–Trinajstić information content (AvgIpc) is 2.72. The number of hydrogen-bond donors (Lipinski definition) is 0. The summed E-state index contributed by atoms with van der Waals surface area (Å²) in [4.78, 5) is 0. The summed E-state index contributed by atoms with van der Waals surface area (Å²) >= 11 is 0. The molecule has 0 saturated heterocycles. The monoisotopic (exact) mass is 364 g/mol. The lowest BCUT2D eigenvalue weighted by Crippen LogP contribution is -1.99. The zero-order valence-electron chi connectivity index (χ0n) is 15.0. The minimum atomic E-state index is -0.904. The van der Waals surface area contributed by atoms with E-state index < -0.39 is 8.38 Å². The van der Waals surface area contributed by atoms with Gasteiger partial charge in [-0.2, -0.15) is 0 Å². The van der Waals surface area contributed by atoms with Crippen LogP contribution >= 0.6 is 8.38 Å². The molecular formula is C23H25O2P. The van der Waals surface area contributed by atoms with Crippen LogP contribution < -0.4 is 0 Å². The van der Waals surface area contributed by atoms with Gasteiger partial charge in [0.05, 0.1) is 13.2 Å². The van der Waals surface area contributed by atoms with E-state index in [1.54, 1.807) is 0 Å². The highest BCUT2D eigenvalue weighted by atomic mass is 31.2. The van der Waals surface area contributed by atoms with Crippen molar-refractivity contribution in [3.63, 3.8) is 0 Å². The van der Waals surface area contributed by atoms with Crippen LogP contribution in [0.15, 0.2) is 91.0 Å². The van der Waals surface area contributed by atoms with Crippen LogP contribution in [0.2, 0.25) is 0 Å². The van der Waals surface area contributed by atoms with Crippen LogP contribution in [0.1, 0.15) is 23.1 Å². The van der Waals surface area contributed by atoms with Gasteiger partial charge in [-0.15, -0.1) is 0 Å². The van der Waals surface area contributed by atoms with E-state index in [1.807, 2.05) is 36.4 Å². The highest BCUT2D eigenvalue weighted by Gasteiger charge is 2.11. The van der Waals surface area contributed by atoms with Crippen LogP contribution in [0.5, 0.6) is 0 Å². The molecule has 2 nitrogen and oxygen atoms in total. The summed E-state index contributed by atoms with van der Waals surface area (Å²) in [6, 6.07) is 31.2. The lowest BCUT2D eigenvalue weighted by Gasteiger charge is -2.18. The molecule has 0 heterocycles. The van der Waals surface area contributed by atoms with E-state index in [1.165, 1.54) is 16.7 Å². The molecule has 3 aromatic rings. The molecule has 0 unspecified atom stereocenters. The molecule has 0 aliphatic heterocycles. The Kier molecular flexibility index (Phi) is 7.86. The second-order valence-electron chi connectivity index (χ2n) is 6.16. The molecule has 3 aromatic carbocycles. The predicted molar refractivity (Wildman–Crippen MR) is 109 cm³/mol. The SMILES string of the molecule is c1ccc(CCCP(OCc2ccccc2)OCc2ccccc2)cc1. The van der Waals surface area contributed by atoms with Crippen molar-refractivity contribution in [2.45, 2.75) is 26.1 Å². The van der Waals surface area contributed by atoms with E-state index in [2.05, 4.69) is 54.6 Å². The minimum absolute atomic E-state index is 0.604. The lowest BCUT2D eigenvalue weighted by molar-refractivity contribution is 0.235. The molecule has 3 rings (SSSR count). The quantitative estimate of drug-likeness (QED) is 0.389. The summed E-state index contributed by atoms with van der Waals surface area (Å²) in [5.74, 6) is 0.